The van der Waals surface area contributed by atoms with E-state index in [2.05, 4.69) is 25.2 Å². The number of hydrogen-bond acceptors (Lipinski definition) is 8. The molecular weight excluding hydrogens is 384 g/mol. The standard InChI is InChI=1S/C14H15ClN6O4S/c1-24-10-5-7-17-13(25-2)11(10)21-12(9-4-3-6-16-8-9)18-19-14(21)20-26(15,22)23/h3-8,13,17H,1-2H3,(H,19,20). The van der Waals surface area contributed by atoms with Gasteiger partial charge in [0.2, 0.25) is 5.95 Å². The first-order chi connectivity index (χ1) is 12.4. The molecule has 1 aliphatic heterocycles. The second kappa shape index (κ2) is 7.32. The number of nitrogens with one attached hydrogen (secondary N) is 2. The van der Waals surface area contributed by atoms with Crippen molar-refractivity contribution in [2.24, 2.45) is 0 Å². The van der Waals surface area contributed by atoms with Crippen molar-refractivity contribution in [2.45, 2.75) is 6.23 Å². The Hall–Kier alpha value is -2.63. The van der Waals surface area contributed by atoms with Gasteiger partial charge in [-0.15, -0.1) is 10.2 Å². The van der Waals surface area contributed by atoms with Crippen LogP contribution >= 0.6 is 10.7 Å². The quantitative estimate of drug-likeness (QED) is 0.695. The molecule has 0 saturated heterocycles. The van der Waals surface area contributed by atoms with Crippen LogP contribution in [0.2, 0.25) is 0 Å². The molecule has 1 atom stereocenters. The number of methoxy groups -OCH3 is 2. The summed E-state index contributed by atoms with van der Waals surface area (Å²) < 4.78 is 37.5. The molecule has 1 unspecified atom stereocenters. The number of halogens is 1. The van der Waals surface area contributed by atoms with E-state index in [9.17, 15) is 8.42 Å². The van der Waals surface area contributed by atoms with Gasteiger partial charge < -0.3 is 14.8 Å². The summed E-state index contributed by atoms with van der Waals surface area (Å²) in [5, 5.41) is 11.0. The first-order valence-electron chi connectivity index (χ1n) is 7.26. The van der Waals surface area contributed by atoms with Crippen LogP contribution in [0.3, 0.4) is 0 Å². The molecular formula is C14H15ClN6O4S. The van der Waals surface area contributed by atoms with Gasteiger partial charge in [0.05, 0.1) is 7.11 Å². The third-order valence-electron chi connectivity index (χ3n) is 3.48. The summed E-state index contributed by atoms with van der Waals surface area (Å²) in [6.07, 6.45) is 5.84. The van der Waals surface area contributed by atoms with E-state index in [-0.39, 0.29) is 5.95 Å². The topological polar surface area (TPSA) is 120 Å². The molecule has 1 aliphatic rings. The molecule has 3 rings (SSSR count). The lowest BCUT2D eigenvalue weighted by atomic mass is 10.2. The normalized spacial score (nSPS) is 17.1. The summed E-state index contributed by atoms with van der Waals surface area (Å²) in [5.41, 5.74) is 1.04. The first-order valence-corrected chi connectivity index (χ1v) is 9.57. The summed E-state index contributed by atoms with van der Waals surface area (Å²) in [6, 6.07) is 3.48. The Kier molecular flexibility index (Phi) is 5.11. The highest BCUT2D eigenvalue weighted by molar-refractivity contribution is 8.14. The van der Waals surface area contributed by atoms with Gasteiger partial charge >= 0.3 is 9.24 Å². The van der Waals surface area contributed by atoms with Gasteiger partial charge in [0.25, 0.3) is 0 Å². The van der Waals surface area contributed by atoms with Gasteiger partial charge in [-0.05, 0) is 18.2 Å². The van der Waals surface area contributed by atoms with Crippen molar-refractivity contribution in [1.29, 1.82) is 0 Å². The minimum absolute atomic E-state index is 0.123. The molecule has 0 aromatic carbocycles. The molecule has 10 nitrogen and oxygen atoms in total. The number of anilines is 1. The molecule has 0 fully saturated rings. The molecule has 0 spiro atoms. The molecule has 0 radical (unpaired) electrons. The van der Waals surface area contributed by atoms with Gasteiger partial charge in [0.15, 0.2) is 12.1 Å². The number of ether oxygens (including phenoxy) is 2. The Morgan fingerprint density at radius 2 is 2.15 bits per heavy atom. The minimum Gasteiger partial charge on any atom is -0.495 e. The van der Waals surface area contributed by atoms with Crippen LogP contribution in [0.1, 0.15) is 0 Å². The second-order valence-electron chi connectivity index (χ2n) is 5.03. The van der Waals surface area contributed by atoms with E-state index in [0.717, 1.165) is 0 Å². The van der Waals surface area contributed by atoms with E-state index in [0.29, 0.717) is 22.8 Å². The third-order valence-corrected chi connectivity index (χ3v) is 4.13. The van der Waals surface area contributed by atoms with E-state index in [4.69, 9.17) is 20.2 Å². The average molecular weight is 399 g/mol. The van der Waals surface area contributed by atoms with Crippen molar-refractivity contribution in [1.82, 2.24) is 25.1 Å². The number of allylic oxidation sites excluding steroid dienone is 1. The maximum atomic E-state index is 11.5. The van der Waals surface area contributed by atoms with E-state index in [1.54, 1.807) is 36.8 Å². The lowest BCUT2D eigenvalue weighted by Crippen LogP contribution is -2.34. The van der Waals surface area contributed by atoms with Gasteiger partial charge in [-0.2, -0.15) is 8.42 Å². The fourth-order valence-corrected chi connectivity index (χ4v) is 3.01. The van der Waals surface area contributed by atoms with E-state index in [1.165, 1.54) is 18.8 Å². The average Bonchev–Trinajstić information content (AvgIpc) is 3.02. The maximum absolute atomic E-state index is 11.5. The highest BCUT2D eigenvalue weighted by atomic mass is 35.7. The summed E-state index contributed by atoms with van der Waals surface area (Å²) in [6.45, 7) is 0. The van der Waals surface area contributed by atoms with Gasteiger partial charge in [-0.25, -0.2) is 4.72 Å². The van der Waals surface area contributed by atoms with E-state index >= 15 is 0 Å². The van der Waals surface area contributed by atoms with Crippen molar-refractivity contribution >= 4 is 31.6 Å². The summed E-state index contributed by atoms with van der Waals surface area (Å²) in [4.78, 5) is 4.06. The third kappa shape index (κ3) is 3.64. The molecule has 0 aliphatic carbocycles. The fraction of sp³-hybridized carbons (Fsp3) is 0.214. The molecule has 0 bridgehead atoms. The van der Waals surface area contributed by atoms with Gasteiger partial charge in [0, 0.05) is 41.9 Å². The van der Waals surface area contributed by atoms with E-state index in [1.807, 2.05) is 0 Å². The Bertz CT molecular complexity index is 957. The second-order valence-corrected chi connectivity index (χ2v) is 7.33. The van der Waals surface area contributed by atoms with Crippen LogP contribution in [-0.2, 0) is 18.7 Å². The van der Waals surface area contributed by atoms with Crippen LogP contribution in [0.25, 0.3) is 17.1 Å². The fourth-order valence-electron chi connectivity index (χ4n) is 2.45. The molecule has 26 heavy (non-hydrogen) atoms. The number of aromatic nitrogens is 4. The smallest absolute Gasteiger partial charge is 0.321 e. The molecule has 2 aromatic heterocycles. The van der Waals surface area contributed by atoms with Crippen molar-refractivity contribution in [2.75, 3.05) is 18.9 Å². The van der Waals surface area contributed by atoms with E-state index < -0.39 is 15.5 Å². The summed E-state index contributed by atoms with van der Waals surface area (Å²) >= 11 is 0. The lowest BCUT2D eigenvalue weighted by molar-refractivity contribution is 0.122. The summed E-state index contributed by atoms with van der Waals surface area (Å²) in [5.74, 6) is 0.628. The molecule has 2 N–H and O–H groups in total. The van der Waals surface area contributed by atoms with Crippen LogP contribution in [0.4, 0.5) is 5.95 Å². The number of hydrogen-bond donors (Lipinski definition) is 2. The monoisotopic (exact) mass is 398 g/mol. The number of nitrogens with zero attached hydrogens (tertiary/aromatic N) is 4. The minimum atomic E-state index is -4.11. The number of dihydropyridines is 1. The Labute approximate surface area is 154 Å². The zero-order chi connectivity index (χ0) is 18.7. The van der Waals surface area contributed by atoms with Crippen molar-refractivity contribution in [3.05, 3.63) is 42.6 Å². The predicted octanol–water partition coefficient (Wildman–Crippen LogP) is 1.14. The first kappa shape index (κ1) is 18.2. The zero-order valence-corrected chi connectivity index (χ0v) is 15.3. The number of rotatable bonds is 6. The molecule has 12 heteroatoms. The molecule has 0 saturated carbocycles. The highest BCUT2D eigenvalue weighted by Crippen LogP contribution is 2.31. The van der Waals surface area contributed by atoms with Crippen molar-refractivity contribution in [3.8, 4) is 11.4 Å². The van der Waals surface area contributed by atoms with Crippen molar-refractivity contribution in [3.63, 3.8) is 0 Å². The van der Waals surface area contributed by atoms with Crippen LogP contribution < -0.4 is 10.0 Å². The summed E-state index contributed by atoms with van der Waals surface area (Å²) in [7, 11) is 4.19. The Morgan fingerprint density at radius 3 is 2.77 bits per heavy atom. The van der Waals surface area contributed by atoms with Crippen molar-refractivity contribution < 1.29 is 17.9 Å². The maximum Gasteiger partial charge on any atom is 0.321 e. The van der Waals surface area contributed by atoms with Crippen LogP contribution in [-0.4, -0.2) is 48.6 Å². The molecule has 3 heterocycles. The van der Waals surface area contributed by atoms with Gasteiger partial charge in [-0.3, -0.25) is 9.55 Å². The predicted molar refractivity (Wildman–Crippen MR) is 94.9 cm³/mol. The molecule has 138 valence electrons. The zero-order valence-electron chi connectivity index (χ0n) is 13.7. The largest absolute Gasteiger partial charge is 0.495 e. The van der Waals surface area contributed by atoms with Crippen LogP contribution in [0, 0.1) is 0 Å². The van der Waals surface area contributed by atoms with Gasteiger partial charge in [-0.1, -0.05) is 0 Å². The molecule has 0 amide bonds. The Balaban J connectivity index is 2.27. The molecule has 2 aromatic rings. The van der Waals surface area contributed by atoms with Crippen LogP contribution in [0.15, 0.2) is 42.6 Å². The number of pyridine rings is 1. The lowest BCUT2D eigenvalue weighted by Gasteiger charge is -2.26. The van der Waals surface area contributed by atoms with Gasteiger partial charge in [0.1, 0.15) is 11.5 Å². The van der Waals surface area contributed by atoms with Crippen LogP contribution in [0.5, 0.6) is 0 Å². The Morgan fingerprint density at radius 1 is 1.35 bits per heavy atom. The highest BCUT2D eigenvalue weighted by Gasteiger charge is 2.29. The SMILES string of the molecule is COC1=C(n2c(NS(=O)(=O)Cl)nnc2-c2cccnc2)C(OC)NC=C1.